The maximum absolute atomic E-state index is 12.8. The Balaban J connectivity index is 1.93. The van der Waals surface area contributed by atoms with Crippen molar-refractivity contribution in [2.75, 3.05) is 25.7 Å². The average molecular weight is 332 g/mol. The molecule has 0 radical (unpaired) electrons. The van der Waals surface area contributed by atoms with E-state index in [0.717, 1.165) is 10.5 Å². The number of nitrogens with zero attached hydrogens (tertiary/aromatic N) is 2. The third-order valence-electron chi connectivity index (χ3n) is 4.65. The van der Waals surface area contributed by atoms with Crippen LogP contribution in [0.2, 0.25) is 0 Å². The summed E-state index contributed by atoms with van der Waals surface area (Å²) in [5.41, 5.74) is 1.36. The molecule has 0 spiro atoms. The molecular weight excluding hydrogens is 312 g/mol. The van der Waals surface area contributed by atoms with Crippen molar-refractivity contribution in [2.45, 2.75) is 25.8 Å². The standard InChI is InChI=1S/C17H20N2O5/c1-10-4-5-14(23-2)12(8-10)19-15(20)13-9-11(16(21)24-3)6-7-18(13)17(19)22/h4-5,8,11,13H,6-7,9H2,1-3H3/t11-,13-/m1/s1. The van der Waals surface area contributed by atoms with E-state index in [0.29, 0.717) is 30.8 Å². The van der Waals surface area contributed by atoms with Gasteiger partial charge in [0.1, 0.15) is 11.8 Å². The van der Waals surface area contributed by atoms with Gasteiger partial charge in [-0.1, -0.05) is 6.07 Å². The minimum absolute atomic E-state index is 0.294. The van der Waals surface area contributed by atoms with Gasteiger partial charge >= 0.3 is 12.0 Å². The minimum atomic E-state index is -0.624. The number of rotatable bonds is 3. The van der Waals surface area contributed by atoms with Crippen molar-refractivity contribution in [3.63, 3.8) is 0 Å². The van der Waals surface area contributed by atoms with E-state index in [4.69, 9.17) is 9.47 Å². The van der Waals surface area contributed by atoms with Gasteiger partial charge in [0, 0.05) is 6.54 Å². The maximum atomic E-state index is 12.8. The van der Waals surface area contributed by atoms with Crippen LogP contribution in [0, 0.1) is 12.8 Å². The molecule has 2 saturated heterocycles. The SMILES string of the molecule is COC(=O)[C@@H]1CCN2C(=O)N(c3cc(C)ccc3OC)C(=O)[C@H]2C1. The van der Waals surface area contributed by atoms with Gasteiger partial charge in [0.15, 0.2) is 0 Å². The number of amides is 3. The number of methoxy groups -OCH3 is 2. The first-order chi connectivity index (χ1) is 11.5. The van der Waals surface area contributed by atoms with Crippen LogP contribution in [0.5, 0.6) is 5.75 Å². The van der Waals surface area contributed by atoms with Gasteiger partial charge in [-0.3, -0.25) is 9.59 Å². The van der Waals surface area contributed by atoms with E-state index < -0.39 is 6.04 Å². The lowest BCUT2D eigenvalue weighted by molar-refractivity contribution is -0.147. The first-order valence-electron chi connectivity index (χ1n) is 7.85. The summed E-state index contributed by atoms with van der Waals surface area (Å²) in [5, 5.41) is 0. The van der Waals surface area contributed by atoms with Gasteiger partial charge in [0.25, 0.3) is 5.91 Å². The molecule has 2 atom stereocenters. The molecular formula is C17H20N2O5. The molecule has 7 nitrogen and oxygen atoms in total. The Morgan fingerprint density at radius 3 is 2.67 bits per heavy atom. The van der Waals surface area contributed by atoms with Gasteiger partial charge in [-0.2, -0.15) is 0 Å². The highest BCUT2D eigenvalue weighted by Gasteiger charge is 2.50. The van der Waals surface area contributed by atoms with E-state index in [9.17, 15) is 14.4 Å². The number of carbonyl (C=O) groups excluding carboxylic acids is 3. The highest BCUT2D eigenvalue weighted by atomic mass is 16.5. The summed E-state index contributed by atoms with van der Waals surface area (Å²) in [6.07, 6.45) is 0.795. The lowest BCUT2D eigenvalue weighted by Gasteiger charge is -2.30. The molecule has 2 aliphatic rings. The molecule has 0 N–H and O–H groups in total. The second-order valence-corrected chi connectivity index (χ2v) is 6.09. The van der Waals surface area contributed by atoms with Crippen LogP contribution in [0.25, 0.3) is 0 Å². The van der Waals surface area contributed by atoms with Crippen molar-refractivity contribution in [3.8, 4) is 5.75 Å². The van der Waals surface area contributed by atoms with Gasteiger partial charge < -0.3 is 14.4 Å². The number of ether oxygens (including phenoxy) is 2. The van der Waals surface area contributed by atoms with Crippen LogP contribution in [-0.2, 0) is 14.3 Å². The lowest BCUT2D eigenvalue weighted by Crippen LogP contribution is -2.44. The molecule has 1 aromatic rings. The molecule has 2 heterocycles. The number of piperidine rings is 1. The van der Waals surface area contributed by atoms with Crippen molar-refractivity contribution in [2.24, 2.45) is 5.92 Å². The van der Waals surface area contributed by atoms with Crippen molar-refractivity contribution in [1.29, 1.82) is 0 Å². The molecule has 2 fully saturated rings. The summed E-state index contributed by atoms with van der Waals surface area (Å²) < 4.78 is 10.1. The summed E-state index contributed by atoms with van der Waals surface area (Å²) in [7, 11) is 2.83. The zero-order valence-electron chi connectivity index (χ0n) is 13.9. The van der Waals surface area contributed by atoms with Crippen molar-refractivity contribution in [3.05, 3.63) is 23.8 Å². The number of hydrogen-bond acceptors (Lipinski definition) is 5. The lowest BCUT2D eigenvalue weighted by atomic mass is 9.91. The van der Waals surface area contributed by atoms with E-state index in [2.05, 4.69) is 0 Å². The first kappa shape index (κ1) is 16.3. The molecule has 24 heavy (non-hydrogen) atoms. The fourth-order valence-electron chi connectivity index (χ4n) is 3.38. The van der Waals surface area contributed by atoms with E-state index >= 15 is 0 Å². The van der Waals surface area contributed by atoms with Crippen LogP contribution in [0.4, 0.5) is 10.5 Å². The Hall–Kier alpha value is -2.57. The molecule has 2 aliphatic heterocycles. The van der Waals surface area contributed by atoms with E-state index in [1.165, 1.54) is 19.1 Å². The van der Waals surface area contributed by atoms with E-state index in [1.54, 1.807) is 12.1 Å². The number of carbonyl (C=O) groups is 3. The molecule has 0 bridgehead atoms. The minimum Gasteiger partial charge on any atom is -0.495 e. The number of esters is 1. The molecule has 0 aromatic heterocycles. The number of imide groups is 1. The van der Waals surface area contributed by atoms with Gasteiger partial charge in [-0.25, -0.2) is 9.69 Å². The maximum Gasteiger partial charge on any atom is 0.332 e. The Kier molecular flexibility index (Phi) is 4.17. The fourth-order valence-corrected chi connectivity index (χ4v) is 3.38. The van der Waals surface area contributed by atoms with E-state index in [1.807, 2.05) is 13.0 Å². The van der Waals surface area contributed by atoms with Crippen LogP contribution < -0.4 is 9.64 Å². The molecule has 0 aliphatic carbocycles. The summed E-state index contributed by atoms with van der Waals surface area (Å²) >= 11 is 0. The summed E-state index contributed by atoms with van der Waals surface area (Å²) in [5.74, 6) is -0.544. The number of fused-ring (bicyclic) bond motifs is 1. The highest BCUT2D eigenvalue weighted by Crippen LogP contribution is 2.37. The van der Waals surface area contributed by atoms with Crippen LogP contribution in [-0.4, -0.2) is 49.6 Å². The Bertz CT molecular complexity index is 702. The van der Waals surface area contributed by atoms with Gasteiger partial charge in [-0.05, 0) is 37.5 Å². The molecule has 7 heteroatoms. The zero-order valence-corrected chi connectivity index (χ0v) is 13.9. The highest BCUT2D eigenvalue weighted by molar-refractivity contribution is 6.22. The summed E-state index contributed by atoms with van der Waals surface area (Å²) in [6, 6.07) is 4.36. The normalized spacial score (nSPS) is 23.3. The number of benzene rings is 1. The first-order valence-corrected chi connectivity index (χ1v) is 7.85. The fraction of sp³-hybridized carbons (Fsp3) is 0.471. The number of aryl methyl sites for hydroxylation is 1. The predicted molar refractivity (Wildman–Crippen MR) is 85.8 cm³/mol. The molecule has 3 rings (SSSR count). The second-order valence-electron chi connectivity index (χ2n) is 6.09. The Morgan fingerprint density at radius 1 is 1.25 bits per heavy atom. The van der Waals surface area contributed by atoms with Gasteiger partial charge in [-0.15, -0.1) is 0 Å². The Labute approximate surface area is 140 Å². The third-order valence-corrected chi connectivity index (χ3v) is 4.65. The monoisotopic (exact) mass is 332 g/mol. The third kappa shape index (κ3) is 2.50. The van der Waals surface area contributed by atoms with Crippen molar-refractivity contribution >= 4 is 23.6 Å². The van der Waals surface area contributed by atoms with Crippen LogP contribution in [0.15, 0.2) is 18.2 Å². The molecule has 0 saturated carbocycles. The Morgan fingerprint density at radius 2 is 2.00 bits per heavy atom. The molecule has 128 valence electrons. The predicted octanol–water partition coefficient (Wildman–Crippen LogP) is 1.72. The smallest absolute Gasteiger partial charge is 0.332 e. The molecule has 0 unspecified atom stereocenters. The zero-order chi connectivity index (χ0) is 17.4. The summed E-state index contributed by atoms with van der Waals surface area (Å²) in [6.45, 7) is 2.24. The van der Waals surface area contributed by atoms with Crippen LogP contribution >= 0.6 is 0 Å². The number of hydrogen-bond donors (Lipinski definition) is 0. The van der Waals surface area contributed by atoms with Gasteiger partial charge in [0.05, 0.1) is 25.8 Å². The molecule has 3 amide bonds. The largest absolute Gasteiger partial charge is 0.495 e. The van der Waals surface area contributed by atoms with Crippen molar-refractivity contribution < 1.29 is 23.9 Å². The second kappa shape index (κ2) is 6.14. The van der Waals surface area contributed by atoms with Crippen LogP contribution in [0.3, 0.4) is 0 Å². The quantitative estimate of drug-likeness (QED) is 0.622. The van der Waals surface area contributed by atoms with Gasteiger partial charge in [0.2, 0.25) is 0 Å². The van der Waals surface area contributed by atoms with Crippen LogP contribution in [0.1, 0.15) is 18.4 Å². The number of urea groups is 1. The summed E-state index contributed by atoms with van der Waals surface area (Å²) in [4.78, 5) is 40.0. The average Bonchev–Trinajstić information content (AvgIpc) is 2.84. The molecule has 1 aromatic carbocycles. The topological polar surface area (TPSA) is 76.2 Å². The van der Waals surface area contributed by atoms with Crippen molar-refractivity contribution in [1.82, 2.24) is 4.90 Å². The van der Waals surface area contributed by atoms with E-state index in [-0.39, 0.29) is 23.8 Å². The number of anilines is 1.